The van der Waals surface area contributed by atoms with Gasteiger partial charge in [-0.25, -0.2) is 0 Å². The highest BCUT2D eigenvalue weighted by atomic mass is 35.5. The van der Waals surface area contributed by atoms with Crippen LogP contribution >= 0.6 is 11.6 Å². The van der Waals surface area contributed by atoms with Gasteiger partial charge in [-0.1, -0.05) is 23.7 Å². The zero-order chi connectivity index (χ0) is 18.8. The van der Waals surface area contributed by atoms with Crippen molar-refractivity contribution in [2.45, 2.75) is 12.7 Å². The second-order valence-corrected chi connectivity index (χ2v) is 5.24. The van der Waals surface area contributed by atoms with E-state index in [9.17, 15) is 32.9 Å². The maximum atomic E-state index is 12.8. The zero-order valence-electron chi connectivity index (χ0n) is 12.2. The van der Waals surface area contributed by atoms with E-state index in [-0.39, 0.29) is 5.69 Å². The van der Waals surface area contributed by atoms with Crippen molar-refractivity contribution in [1.82, 2.24) is 4.57 Å². The highest BCUT2D eigenvalue weighted by molar-refractivity contribution is 6.30. The van der Waals surface area contributed by atoms with Gasteiger partial charge in [-0.05, 0) is 12.1 Å². The molecule has 132 valence electrons. The molecule has 11 heteroatoms. The fourth-order valence-corrected chi connectivity index (χ4v) is 2.18. The number of para-hydroxylation sites is 2. The van der Waals surface area contributed by atoms with E-state index in [1.165, 1.54) is 18.2 Å². The van der Waals surface area contributed by atoms with Crippen LogP contribution in [0.15, 0.2) is 41.3 Å². The zero-order valence-corrected chi connectivity index (χ0v) is 13.0. The lowest BCUT2D eigenvalue weighted by Crippen LogP contribution is -2.29. The Hall–Kier alpha value is -2.88. The molecule has 1 amide bonds. The van der Waals surface area contributed by atoms with Crippen LogP contribution in [-0.2, 0) is 17.5 Å². The van der Waals surface area contributed by atoms with E-state index in [1.54, 1.807) is 0 Å². The minimum atomic E-state index is -4.76. The van der Waals surface area contributed by atoms with Crippen LogP contribution in [0, 0.1) is 10.1 Å². The first-order valence-electron chi connectivity index (χ1n) is 6.60. The highest BCUT2D eigenvalue weighted by Crippen LogP contribution is 2.29. The number of hydrogen-bond donors (Lipinski definition) is 1. The number of hydrogen-bond acceptors (Lipinski definition) is 4. The Morgan fingerprint density at radius 2 is 1.96 bits per heavy atom. The predicted octanol–water partition coefficient (Wildman–Crippen LogP) is 3.07. The fraction of sp³-hybridized carbons (Fsp3) is 0.143. The number of alkyl halides is 3. The second kappa shape index (κ2) is 6.93. The van der Waals surface area contributed by atoms with Crippen LogP contribution in [0.5, 0.6) is 0 Å². The maximum Gasteiger partial charge on any atom is 0.417 e. The van der Waals surface area contributed by atoms with Gasteiger partial charge in [0.05, 0.1) is 10.5 Å². The van der Waals surface area contributed by atoms with Gasteiger partial charge in [0.25, 0.3) is 11.2 Å². The number of amides is 1. The average Bonchev–Trinajstić information content (AvgIpc) is 2.50. The molecule has 0 unspecified atom stereocenters. The normalized spacial score (nSPS) is 11.2. The Morgan fingerprint density at radius 1 is 1.32 bits per heavy atom. The molecule has 0 saturated heterocycles. The lowest BCUT2D eigenvalue weighted by molar-refractivity contribution is -0.383. The van der Waals surface area contributed by atoms with E-state index in [0.29, 0.717) is 16.8 Å². The Kier molecular flexibility index (Phi) is 5.12. The summed E-state index contributed by atoms with van der Waals surface area (Å²) in [6.45, 7) is -0.797. The van der Waals surface area contributed by atoms with Gasteiger partial charge in [0.1, 0.15) is 17.3 Å². The number of pyridine rings is 1. The van der Waals surface area contributed by atoms with Crippen molar-refractivity contribution in [1.29, 1.82) is 0 Å². The average molecular weight is 376 g/mol. The van der Waals surface area contributed by atoms with Gasteiger partial charge in [-0.3, -0.25) is 19.7 Å². The minimum absolute atomic E-state index is 0.149. The van der Waals surface area contributed by atoms with E-state index in [1.807, 2.05) is 0 Å². The molecule has 1 heterocycles. The van der Waals surface area contributed by atoms with E-state index < -0.39 is 45.4 Å². The summed E-state index contributed by atoms with van der Waals surface area (Å²) < 4.78 is 38.7. The van der Waals surface area contributed by atoms with Gasteiger partial charge in [0.2, 0.25) is 5.91 Å². The molecule has 0 aliphatic heterocycles. The van der Waals surface area contributed by atoms with Crippen LogP contribution in [0.2, 0.25) is 5.02 Å². The molecule has 0 saturated carbocycles. The molecule has 1 aromatic carbocycles. The molecule has 7 nitrogen and oxygen atoms in total. The molecule has 0 aliphatic rings. The van der Waals surface area contributed by atoms with E-state index >= 15 is 0 Å². The van der Waals surface area contributed by atoms with Crippen LogP contribution in [0.4, 0.5) is 24.5 Å². The number of carbonyl (C=O) groups excluding carboxylic acids is 1. The molecule has 2 rings (SSSR count). The van der Waals surface area contributed by atoms with Crippen LogP contribution in [0.3, 0.4) is 0 Å². The Balaban J connectivity index is 2.29. The summed E-state index contributed by atoms with van der Waals surface area (Å²) in [4.78, 5) is 33.9. The topological polar surface area (TPSA) is 94.2 Å². The molecule has 0 fully saturated rings. The van der Waals surface area contributed by atoms with Gasteiger partial charge in [0.15, 0.2) is 0 Å². The number of nitro benzene ring substituents is 1. The van der Waals surface area contributed by atoms with Gasteiger partial charge in [0, 0.05) is 12.3 Å². The quantitative estimate of drug-likeness (QED) is 0.656. The molecule has 25 heavy (non-hydrogen) atoms. The third-order valence-corrected chi connectivity index (χ3v) is 3.33. The first kappa shape index (κ1) is 18.5. The number of nitro groups is 1. The van der Waals surface area contributed by atoms with Crippen LogP contribution in [-0.4, -0.2) is 15.4 Å². The van der Waals surface area contributed by atoms with E-state index in [4.69, 9.17) is 11.6 Å². The number of benzene rings is 1. The summed E-state index contributed by atoms with van der Waals surface area (Å²) in [6, 6.07) is 5.65. The van der Waals surface area contributed by atoms with Gasteiger partial charge < -0.3 is 9.88 Å². The van der Waals surface area contributed by atoms with Crippen molar-refractivity contribution in [3.63, 3.8) is 0 Å². The molecule has 0 spiro atoms. The SMILES string of the molecule is O=C(Cn1cc(C(F)(F)F)cc(Cl)c1=O)Nc1ccccc1[N+](=O)[O-]. The minimum Gasteiger partial charge on any atom is -0.319 e. The van der Waals surface area contributed by atoms with E-state index in [2.05, 4.69) is 5.32 Å². The lowest BCUT2D eigenvalue weighted by atomic mass is 10.2. The molecule has 1 aromatic heterocycles. The largest absolute Gasteiger partial charge is 0.417 e. The number of nitrogens with zero attached hydrogens (tertiary/aromatic N) is 2. The van der Waals surface area contributed by atoms with Crippen molar-refractivity contribution in [3.8, 4) is 0 Å². The Bertz CT molecular complexity index is 896. The molecule has 2 aromatic rings. The van der Waals surface area contributed by atoms with Crippen LogP contribution in [0.25, 0.3) is 0 Å². The third-order valence-electron chi connectivity index (χ3n) is 3.06. The number of aromatic nitrogens is 1. The van der Waals surface area contributed by atoms with Crippen molar-refractivity contribution in [2.75, 3.05) is 5.32 Å². The number of carbonyl (C=O) groups is 1. The Morgan fingerprint density at radius 3 is 2.56 bits per heavy atom. The van der Waals surface area contributed by atoms with Gasteiger partial charge >= 0.3 is 6.18 Å². The van der Waals surface area contributed by atoms with Crippen LogP contribution in [0.1, 0.15) is 5.56 Å². The monoisotopic (exact) mass is 375 g/mol. The molecule has 0 radical (unpaired) electrons. The second-order valence-electron chi connectivity index (χ2n) is 4.83. The standard InChI is InChI=1S/C14H9ClF3N3O4/c15-9-5-8(14(16,17)18)6-20(13(9)23)7-12(22)19-10-3-1-2-4-11(10)21(24)25/h1-6H,7H2,(H,19,22). The van der Waals surface area contributed by atoms with Gasteiger partial charge in [-0.15, -0.1) is 0 Å². The van der Waals surface area contributed by atoms with Crippen molar-refractivity contribution in [3.05, 3.63) is 67.6 Å². The molecule has 0 aliphatic carbocycles. The summed E-state index contributed by atoms with van der Waals surface area (Å²) in [5, 5.41) is 12.4. The number of nitrogens with one attached hydrogen (secondary N) is 1. The molecule has 0 bridgehead atoms. The number of halogens is 4. The van der Waals surface area contributed by atoms with Crippen molar-refractivity contribution < 1.29 is 22.9 Å². The molecule has 1 N–H and O–H groups in total. The summed E-state index contributed by atoms with van der Waals surface area (Å²) in [5.74, 6) is -0.924. The first-order chi connectivity index (χ1) is 11.6. The molecular weight excluding hydrogens is 367 g/mol. The fourth-order valence-electron chi connectivity index (χ4n) is 1.95. The van der Waals surface area contributed by atoms with Gasteiger partial charge in [-0.2, -0.15) is 13.2 Å². The lowest BCUT2D eigenvalue weighted by Gasteiger charge is -2.12. The summed E-state index contributed by atoms with van der Waals surface area (Å²) >= 11 is 5.48. The van der Waals surface area contributed by atoms with E-state index in [0.717, 1.165) is 6.07 Å². The summed E-state index contributed by atoms with van der Waals surface area (Å²) in [7, 11) is 0. The summed E-state index contributed by atoms with van der Waals surface area (Å²) in [5.41, 5.74) is -2.74. The Labute approximate surface area is 142 Å². The number of anilines is 1. The third kappa shape index (κ3) is 4.35. The van der Waals surface area contributed by atoms with Crippen molar-refractivity contribution in [2.24, 2.45) is 0 Å². The smallest absolute Gasteiger partial charge is 0.319 e. The highest BCUT2D eigenvalue weighted by Gasteiger charge is 2.32. The van der Waals surface area contributed by atoms with Crippen molar-refractivity contribution >= 4 is 28.9 Å². The summed E-state index contributed by atoms with van der Waals surface area (Å²) in [6.07, 6.45) is -4.30. The first-order valence-corrected chi connectivity index (χ1v) is 6.98. The molecular formula is C14H9ClF3N3O4. The van der Waals surface area contributed by atoms with Crippen LogP contribution < -0.4 is 10.9 Å². The number of rotatable bonds is 4. The molecule has 0 atom stereocenters. The predicted molar refractivity (Wildman–Crippen MR) is 82.4 cm³/mol. The maximum absolute atomic E-state index is 12.8.